The van der Waals surface area contributed by atoms with E-state index in [0.717, 1.165) is 23.7 Å². The highest BCUT2D eigenvalue weighted by Gasteiger charge is 2.60. The monoisotopic (exact) mass is 340 g/mol. The number of rotatable bonds is 1. The molecule has 0 aromatic rings. The molecule has 8 atom stereocenters. The highest BCUT2D eigenvalue weighted by molar-refractivity contribution is 5.71. The van der Waals surface area contributed by atoms with Crippen LogP contribution in [0.15, 0.2) is 24.3 Å². The molecule has 2 nitrogen and oxygen atoms in total. The number of hydrogen-bond donors (Lipinski definition) is 0. The Kier molecular flexibility index (Phi) is 3.53. The van der Waals surface area contributed by atoms with Gasteiger partial charge in [0.25, 0.3) is 0 Å². The van der Waals surface area contributed by atoms with E-state index >= 15 is 0 Å². The van der Waals surface area contributed by atoms with Gasteiger partial charge < -0.3 is 4.74 Å². The summed E-state index contributed by atoms with van der Waals surface area (Å²) in [7, 11) is 0. The molecule has 3 saturated carbocycles. The Balaban J connectivity index is 1.42. The Morgan fingerprint density at radius 3 is 2.64 bits per heavy atom. The molecule has 0 amide bonds. The molecule has 136 valence electrons. The van der Waals surface area contributed by atoms with Crippen molar-refractivity contribution in [2.45, 2.75) is 58.8 Å². The molecule has 0 aromatic carbocycles. The number of esters is 1. The fraction of sp³-hybridized carbons (Fsp3) is 0.783. The fourth-order valence-electron chi connectivity index (χ4n) is 8.04. The summed E-state index contributed by atoms with van der Waals surface area (Å²) in [5.41, 5.74) is 0.820. The lowest BCUT2D eigenvalue weighted by atomic mass is 9.46. The van der Waals surface area contributed by atoms with Gasteiger partial charge >= 0.3 is 5.97 Å². The summed E-state index contributed by atoms with van der Waals surface area (Å²) in [5, 5.41) is 0. The van der Waals surface area contributed by atoms with Crippen LogP contribution in [0.1, 0.15) is 58.8 Å². The quantitative estimate of drug-likeness (QED) is 0.617. The van der Waals surface area contributed by atoms with Crippen LogP contribution >= 0.6 is 0 Å². The first kappa shape index (κ1) is 16.1. The summed E-state index contributed by atoms with van der Waals surface area (Å²) in [4.78, 5) is 11.7. The summed E-state index contributed by atoms with van der Waals surface area (Å²) in [6.45, 7) is 5.79. The topological polar surface area (TPSA) is 26.3 Å². The smallest absolute Gasteiger partial charge is 0.306 e. The van der Waals surface area contributed by atoms with Crippen LogP contribution in [0.25, 0.3) is 0 Å². The van der Waals surface area contributed by atoms with Crippen LogP contribution in [-0.4, -0.2) is 12.6 Å². The maximum Gasteiger partial charge on any atom is 0.306 e. The lowest BCUT2D eigenvalue weighted by Crippen LogP contribution is -2.51. The van der Waals surface area contributed by atoms with Gasteiger partial charge in [0.2, 0.25) is 0 Å². The second kappa shape index (κ2) is 5.47. The molecule has 1 aliphatic heterocycles. The lowest BCUT2D eigenvalue weighted by Gasteiger charge is -2.58. The van der Waals surface area contributed by atoms with Crippen LogP contribution < -0.4 is 0 Å². The number of carbonyl (C=O) groups is 1. The summed E-state index contributed by atoms with van der Waals surface area (Å²) in [6.07, 6.45) is 18.5. The molecule has 1 unspecified atom stereocenters. The number of allylic oxidation sites excluding steroid dienone is 4. The number of ether oxygens (including phenoxy) is 1. The van der Waals surface area contributed by atoms with Crippen molar-refractivity contribution in [1.82, 2.24) is 0 Å². The normalized spacial score (nSPS) is 53.9. The largest absolute Gasteiger partial charge is 0.465 e. The van der Waals surface area contributed by atoms with Gasteiger partial charge in [-0.25, -0.2) is 0 Å². The van der Waals surface area contributed by atoms with Crippen molar-refractivity contribution in [3.8, 4) is 0 Å². The van der Waals surface area contributed by atoms with Gasteiger partial charge in [-0.2, -0.15) is 0 Å². The van der Waals surface area contributed by atoms with Crippen LogP contribution in [0, 0.1) is 46.3 Å². The minimum atomic E-state index is 0.0397. The van der Waals surface area contributed by atoms with Gasteiger partial charge in [0.15, 0.2) is 0 Å². The second-order valence-corrected chi connectivity index (χ2v) is 10.0. The maximum atomic E-state index is 11.7. The summed E-state index contributed by atoms with van der Waals surface area (Å²) in [5.74, 6) is 4.59. The van der Waals surface area contributed by atoms with Crippen molar-refractivity contribution in [1.29, 1.82) is 0 Å². The minimum Gasteiger partial charge on any atom is -0.465 e. The average Bonchev–Trinajstić information content (AvgIpc) is 3.16. The Hall–Kier alpha value is -1.05. The van der Waals surface area contributed by atoms with Crippen molar-refractivity contribution in [2.75, 3.05) is 6.61 Å². The molecule has 5 aliphatic rings. The molecule has 1 heterocycles. The van der Waals surface area contributed by atoms with Crippen molar-refractivity contribution in [3.05, 3.63) is 24.3 Å². The van der Waals surface area contributed by atoms with E-state index in [1.54, 1.807) is 0 Å². The lowest BCUT2D eigenvalue weighted by molar-refractivity contribution is -0.137. The first-order valence-electron chi connectivity index (χ1n) is 10.5. The maximum absolute atomic E-state index is 11.7. The minimum absolute atomic E-state index is 0.0397. The van der Waals surface area contributed by atoms with Crippen molar-refractivity contribution >= 4 is 5.97 Å². The van der Waals surface area contributed by atoms with Gasteiger partial charge in [-0.1, -0.05) is 38.2 Å². The molecule has 0 bridgehead atoms. The third-order valence-electron chi connectivity index (χ3n) is 9.29. The molecule has 0 N–H and O–H groups in total. The molecule has 0 radical (unpaired) electrons. The van der Waals surface area contributed by atoms with E-state index in [4.69, 9.17) is 4.74 Å². The molecule has 4 aliphatic carbocycles. The molecule has 4 fully saturated rings. The predicted octanol–water partition coefficient (Wildman–Crippen LogP) is 5.15. The molecule has 0 spiro atoms. The van der Waals surface area contributed by atoms with Gasteiger partial charge in [0, 0.05) is 5.92 Å². The third-order valence-corrected chi connectivity index (χ3v) is 9.29. The SMILES string of the molecule is C[C@]12CC[C@H]3[C@@H](CCC4C=CC=C[C@@]43C)[C@H]1CC[C@@H]2[C@@H]1COC(=O)C1. The van der Waals surface area contributed by atoms with Gasteiger partial charge in [0.1, 0.15) is 0 Å². The molecule has 25 heavy (non-hydrogen) atoms. The molecular weight excluding hydrogens is 308 g/mol. The molecule has 5 rings (SSSR count). The number of cyclic esters (lactones) is 1. The second-order valence-electron chi connectivity index (χ2n) is 10.0. The van der Waals surface area contributed by atoms with Crippen LogP contribution in [0.4, 0.5) is 0 Å². The highest BCUT2D eigenvalue weighted by atomic mass is 16.5. The highest BCUT2D eigenvalue weighted by Crippen LogP contribution is 2.67. The zero-order chi connectivity index (χ0) is 17.2. The molecule has 0 aromatic heterocycles. The zero-order valence-corrected chi connectivity index (χ0v) is 15.7. The van der Waals surface area contributed by atoms with E-state index < -0.39 is 0 Å². The van der Waals surface area contributed by atoms with Crippen LogP contribution in [0.2, 0.25) is 0 Å². The van der Waals surface area contributed by atoms with E-state index in [2.05, 4.69) is 38.2 Å². The van der Waals surface area contributed by atoms with Crippen LogP contribution in [0.5, 0.6) is 0 Å². The van der Waals surface area contributed by atoms with Crippen molar-refractivity contribution in [2.24, 2.45) is 46.3 Å². The van der Waals surface area contributed by atoms with Gasteiger partial charge in [0.05, 0.1) is 13.0 Å². The van der Waals surface area contributed by atoms with Gasteiger partial charge in [-0.15, -0.1) is 0 Å². The van der Waals surface area contributed by atoms with E-state index in [0.29, 0.717) is 35.7 Å². The predicted molar refractivity (Wildman–Crippen MR) is 98.7 cm³/mol. The Bertz CT molecular complexity index is 634. The third kappa shape index (κ3) is 2.18. The first-order chi connectivity index (χ1) is 12.0. The Morgan fingerprint density at radius 2 is 1.84 bits per heavy atom. The van der Waals surface area contributed by atoms with Crippen molar-refractivity contribution in [3.63, 3.8) is 0 Å². The Morgan fingerprint density at radius 1 is 1.00 bits per heavy atom. The van der Waals surface area contributed by atoms with Crippen LogP contribution in [0.3, 0.4) is 0 Å². The van der Waals surface area contributed by atoms with Crippen LogP contribution in [-0.2, 0) is 9.53 Å². The molecular formula is C23H32O2. The van der Waals surface area contributed by atoms with Crippen molar-refractivity contribution < 1.29 is 9.53 Å². The zero-order valence-electron chi connectivity index (χ0n) is 15.7. The summed E-state index contributed by atoms with van der Waals surface area (Å²) in [6, 6.07) is 0. The summed E-state index contributed by atoms with van der Waals surface area (Å²) < 4.78 is 5.34. The molecule has 2 heteroatoms. The van der Waals surface area contributed by atoms with E-state index in [1.807, 2.05) is 0 Å². The number of carbonyl (C=O) groups excluding carboxylic acids is 1. The summed E-state index contributed by atoms with van der Waals surface area (Å²) >= 11 is 0. The fourth-order valence-corrected chi connectivity index (χ4v) is 8.04. The first-order valence-corrected chi connectivity index (χ1v) is 10.5. The number of fused-ring (bicyclic) bond motifs is 5. The number of hydrogen-bond acceptors (Lipinski definition) is 2. The van der Waals surface area contributed by atoms with E-state index in [-0.39, 0.29) is 5.97 Å². The average molecular weight is 341 g/mol. The standard InChI is InChI=1S/C23H32O2/c1-22-11-4-3-5-16(22)6-7-17-19-9-8-18(15-13-21(24)25-14-15)23(19,2)12-10-20(17)22/h3-5,11,15-20H,6-10,12-14H2,1-2H3/t15-,16?,17-,18+,19+,20-,22-,23+/m0/s1. The van der Waals surface area contributed by atoms with Gasteiger partial charge in [-0.3, -0.25) is 4.79 Å². The van der Waals surface area contributed by atoms with E-state index in [1.165, 1.54) is 38.5 Å². The Labute approximate surface area is 152 Å². The van der Waals surface area contributed by atoms with Gasteiger partial charge in [-0.05, 0) is 78.9 Å². The molecule has 1 saturated heterocycles. The van der Waals surface area contributed by atoms with E-state index in [9.17, 15) is 4.79 Å².